The first-order valence-electron chi connectivity index (χ1n) is 12.2. The molecule has 1 aliphatic heterocycles. The van der Waals surface area contributed by atoms with Gasteiger partial charge in [-0.1, -0.05) is 41.4 Å². The lowest BCUT2D eigenvalue weighted by Crippen LogP contribution is -2.36. The molecule has 40 heavy (non-hydrogen) atoms. The maximum atomic E-state index is 13.1. The topological polar surface area (TPSA) is 84.9 Å². The van der Waals surface area contributed by atoms with E-state index in [1.807, 2.05) is 45.0 Å². The van der Waals surface area contributed by atoms with E-state index in [0.717, 1.165) is 33.4 Å². The molecule has 0 aromatic heterocycles. The van der Waals surface area contributed by atoms with Gasteiger partial charge in [-0.3, -0.25) is 19.3 Å². The fourth-order valence-electron chi connectivity index (χ4n) is 3.85. The number of aryl methyl sites for hydroxylation is 2. The molecule has 0 saturated carbocycles. The summed E-state index contributed by atoms with van der Waals surface area (Å²) in [5.41, 5.74) is 3.94. The number of nitrogens with one attached hydrogen (secondary N) is 1. The Hall–Kier alpha value is -2.98. The summed E-state index contributed by atoms with van der Waals surface area (Å²) >= 11 is 16.4. The van der Waals surface area contributed by atoms with Crippen LogP contribution in [0.4, 0.5) is 10.5 Å². The van der Waals surface area contributed by atoms with Gasteiger partial charge in [0.25, 0.3) is 11.1 Å². The van der Waals surface area contributed by atoms with Crippen molar-refractivity contribution < 1.29 is 23.9 Å². The molecule has 1 aliphatic rings. The lowest BCUT2D eigenvalue weighted by Gasteiger charge is -2.15. The van der Waals surface area contributed by atoms with Crippen LogP contribution in [0.5, 0.6) is 11.5 Å². The van der Waals surface area contributed by atoms with E-state index in [2.05, 4.69) is 21.2 Å². The lowest BCUT2D eigenvalue weighted by molar-refractivity contribution is -0.127. The molecule has 1 fully saturated rings. The number of carbonyl (C=O) groups is 3. The summed E-state index contributed by atoms with van der Waals surface area (Å²) < 4.78 is 12.4. The van der Waals surface area contributed by atoms with Crippen LogP contribution >= 0.6 is 50.9 Å². The van der Waals surface area contributed by atoms with Gasteiger partial charge in [-0.2, -0.15) is 0 Å². The zero-order valence-electron chi connectivity index (χ0n) is 21.8. The quantitative estimate of drug-likeness (QED) is 0.233. The predicted octanol–water partition coefficient (Wildman–Crippen LogP) is 8.03. The summed E-state index contributed by atoms with van der Waals surface area (Å²) in [5, 5.41) is 3.15. The van der Waals surface area contributed by atoms with Crippen LogP contribution in [-0.2, 0) is 16.2 Å². The predicted molar refractivity (Wildman–Crippen MR) is 163 cm³/mol. The highest BCUT2D eigenvalue weighted by Gasteiger charge is 2.36. The van der Waals surface area contributed by atoms with Crippen LogP contribution in [0.2, 0.25) is 10.0 Å². The zero-order valence-corrected chi connectivity index (χ0v) is 25.8. The molecule has 0 atom stereocenters. The molecule has 3 aromatic carbocycles. The molecule has 208 valence electrons. The number of rotatable bonds is 9. The minimum absolute atomic E-state index is 0.198. The average molecular weight is 664 g/mol. The van der Waals surface area contributed by atoms with Crippen LogP contribution in [0.1, 0.15) is 29.2 Å². The molecule has 0 unspecified atom stereocenters. The summed E-state index contributed by atoms with van der Waals surface area (Å²) in [6.45, 7) is 5.85. The minimum Gasteiger partial charge on any atom is -0.490 e. The van der Waals surface area contributed by atoms with Gasteiger partial charge in [0.15, 0.2) is 11.5 Å². The number of hydrogen-bond donors (Lipinski definition) is 1. The van der Waals surface area contributed by atoms with Gasteiger partial charge in [0.05, 0.1) is 26.0 Å². The number of carbonyl (C=O) groups excluding carboxylic acids is 3. The number of thioether (sulfide) groups is 1. The van der Waals surface area contributed by atoms with Gasteiger partial charge in [-0.05, 0) is 107 Å². The Kier molecular flexibility index (Phi) is 9.84. The molecule has 0 bridgehead atoms. The number of amides is 3. The molecular weight excluding hydrogens is 639 g/mol. The van der Waals surface area contributed by atoms with E-state index in [1.54, 1.807) is 30.3 Å². The first-order chi connectivity index (χ1) is 19.0. The Morgan fingerprint density at radius 1 is 1.05 bits per heavy atom. The Morgan fingerprint density at radius 2 is 1.82 bits per heavy atom. The van der Waals surface area contributed by atoms with Gasteiger partial charge in [-0.25, -0.2) is 0 Å². The molecule has 3 aromatic rings. The van der Waals surface area contributed by atoms with Gasteiger partial charge >= 0.3 is 0 Å². The van der Waals surface area contributed by atoms with E-state index >= 15 is 0 Å². The van der Waals surface area contributed by atoms with Crippen molar-refractivity contribution in [1.29, 1.82) is 0 Å². The highest BCUT2D eigenvalue weighted by Crippen LogP contribution is 2.40. The third kappa shape index (κ3) is 7.20. The molecule has 1 saturated heterocycles. The van der Waals surface area contributed by atoms with Crippen molar-refractivity contribution in [1.82, 2.24) is 4.90 Å². The Morgan fingerprint density at radius 3 is 2.55 bits per heavy atom. The standard InChI is InChI=1S/C29H25BrCl2N2O5S/c1-4-38-24-12-19(10-20(30)27(24)39-15-18-7-8-21(31)22(32)11-18)13-25-28(36)34(29(37)40-25)14-26(35)33-23-9-16(2)5-6-17(23)3/h5-13H,4,14-15H2,1-3H3,(H,33,35)/b25-13+. The summed E-state index contributed by atoms with van der Waals surface area (Å²) in [6, 6.07) is 14.4. The van der Waals surface area contributed by atoms with Crippen LogP contribution in [0.25, 0.3) is 6.08 Å². The van der Waals surface area contributed by atoms with Gasteiger partial charge in [-0.15, -0.1) is 0 Å². The highest BCUT2D eigenvalue weighted by atomic mass is 79.9. The molecule has 7 nitrogen and oxygen atoms in total. The fraction of sp³-hybridized carbons (Fsp3) is 0.207. The monoisotopic (exact) mass is 662 g/mol. The Bertz CT molecular complexity index is 1530. The maximum absolute atomic E-state index is 13.1. The molecule has 0 spiro atoms. The third-order valence-electron chi connectivity index (χ3n) is 5.84. The summed E-state index contributed by atoms with van der Waals surface area (Å²) in [7, 11) is 0. The van der Waals surface area contributed by atoms with Crippen molar-refractivity contribution in [2.45, 2.75) is 27.4 Å². The zero-order chi connectivity index (χ0) is 29.0. The first-order valence-corrected chi connectivity index (χ1v) is 14.6. The van der Waals surface area contributed by atoms with Crippen LogP contribution < -0.4 is 14.8 Å². The SMILES string of the molecule is CCOc1cc(/C=C2/SC(=O)N(CC(=O)Nc3cc(C)ccc3C)C2=O)cc(Br)c1OCc1ccc(Cl)c(Cl)c1. The largest absolute Gasteiger partial charge is 0.490 e. The van der Waals surface area contributed by atoms with E-state index < -0.39 is 17.1 Å². The molecule has 0 aliphatic carbocycles. The van der Waals surface area contributed by atoms with E-state index in [0.29, 0.717) is 43.9 Å². The number of ether oxygens (including phenoxy) is 2. The molecule has 3 amide bonds. The van der Waals surface area contributed by atoms with Crippen LogP contribution in [0, 0.1) is 13.8 Å². The fourth-order valence-corrected chi connectivity index (χ4v) is 5.58. The van der Waals surface area contributed by atoms with Crippen molar-refractivity contribution >= 4 is 79.7 Å². The second-order valence-electron chi connectivity index (χ2n) is 8.93. The van der Waals surface area contributed by atoms with Gasteiger partial charge in [0, 0.05) is 5.69 Å². The minimum atomic E-state index is -0.542. The van der Waals surface area contributed by atoms with E-state index in [-0.39, 0.29) is 18.1 Å². The van der Waals surface area contributed by atoms with Crippen molar-refractivity contribution in [2.75, 3.05) is 18.5 Å². The maximum Gasteiger partial charge on any atom is 0.294 e. The van der Waals surface area contributed by atoms with Gasteiger partial charge in [0.2, 0.25) is 5.91 Å². The molecule has 11 heteroatoms. The third-order valence-corrected chi connectivity index (χ3v) is 8.07. The van der Waals surface area contributed by atoms with Gasteiger partial charge in [0.1, 0.15) is 13.2 Å². The van der Waals surface area contributed by atoms with Crippen molar-refractivity contribution in [2.24, 2.45) is 0 Å². The van der Waals surface area contributed by atoms with Crippen molar-refractivity contribution in [3.05, 3.63) is 90.2 Å². The number of imide groups is 1. The van der Waals surface area contributed by atoms with E-state index in [4.69, 9.17) is 32.7 Å². The van der Waals surface area contributed by atoms with Crippen LogP contribution in [0.15, 0.2) is 57.9 Å². The second-order valence-corrected chi connectivity index (χ2v) is 11.6. The summed E-state index contributed by atoms with van der Waals surface area (Å²) in [4.78, 5) is 39.5. The number of anilines is 1. The van der Waals surface area contributed by atoms with Crippen molar-refractivity contribution in [3.8, 4) is 11.5 Å². The number of benzene rings is 3. The van der Waals surface area contributed by atoms with Crippen LogP contribution in [-0.4, -0.2) is 35.1 Å². The van der Waals surface area contributed by atoms with Crippen LogP contribution in [0.3, 0.4) is 0 Å². The first kappa shape index (κ1) is 30.0. The highest BCUT2D eigenvalue weighted by molar-refractivity contribution is 9.10. The molecule has 1 N–H and O–H groups in total. The number of halogens is 3. The Balaban J connectivity index is 1.50. The molecule has 1 heterocycles. The summed E-state index contributed by atoms with van der Waals surface area (Å²) in [5.74, 6) is -0.0705. The lowest BCUT2D eigenvalue weighted by atomic mass is 10.1. The second kappa shape index (κ2) is 13.1. The summed E-state index contributed by atoms with van der Waals surface area (Å²) in [6.07, 6.45) is 1.59. The van der Waals surface area contributed by atoms with Crippen molar-refractivity contribution in [3.63, 3.8) is 0 Å². The molecule has 0 radical (unpaired) electrons. The smallest absolute Gasteiger partial charge is 0.294 e. The Labute approximate surface area is 254 Å². The van der Waals surface area contributed by atoms with E-state index in [9.17, 15) is 14.4 Å². The molecule has 4 rings (SSSR count). The average Bonchev–Trinajstić information content (AvgIpc) is 3.15. The normalized spacial score (nSPS) is 14.2. The molecular formula is C29H25BrCl2N2O5S. The van der Waals surface area contributed by atoms with E-state index in [1.165, 1.54) is 0 Å². The number of nitrogens with zero attached hydrogens (tertiary/aromatic N) is 1. The number of hydrogen-bond acceptors (Lipinski definition) is 6. The van der Waals surface area contributed by atoms with Gasteiger partial charge < -0.3 is 14.8 Å².